The Bertz CT molecular complexity index is 484. The van der Waals surface area contributed by atoms with Gasteiger partial charge in [-0.15, -0.1) is 0 Å². The molecule has 2 aliphatic heterocycles. The van der Waals surface area contributed by atoms with E-state index >= 15 is 0 Å². The highest BCUT2D eigenvalue weighted by Gasteiger charge is 2.44. The molecule has 0 aromatic rings. The fourth-order valence-electron chi connectivity index (χ4n) is 2.06. The predicted octanol–water partition coefficient (Wildman–Crippen LogP) is 2.66. The van der Waals surface area contributed by atoms with Gasteiger partial charge in [0.25, 0.3) is 0 Å². The molecule has 0 unspecified atom stereocenters. The monoisotopic (exact) mass is 277 g/mol. The Morgan fingerprint density at radius 3 is 2.70 bits per heavy atom. The molecular weight excluding hydrogens is 257 g/mol. The molecule has 2 rings (SSSR count). The number of carbonyl (C=O) groups excluding carboxylic acids is 1. The van der Waals surface area contributed by atoms with Crippen molar-refractivity contribution in [2.24, 2.45) is 0 Å². The minimum atomic E-state index is -0.471. The normalized spacial score (nSPS) is 21.4. The van der Waals surface area contributed by atoms with Gasteiger partial charge in [-0.2, -0.15) is 0 Å². The van der Waals surface area contributed by atoms with Gasteiger partial charge < -0.3 is 18.9 Å². The summed E-state index contributed by atoms with van der Waals surface area (Å²) >= 11 is 0. The van der Waals surface area contributed by atoms with Crippen molar-refractivity contribution in [3.8, 4) is 0 Å². The van der Waals surface area contributed by atoms with Crippen LogP contribution in [-0.4, -0.2) is 36.8 Å². The molecule has 0 N–H and O–H groups in total. The lowest BCUT2D eigenvalue weighted by molar-refractivity contribution is 0.132. The molecule has 0 aromatic heterocycles. The first-order chi connectivity index (χ1) is 9.29. The lowest BCUT2D eigenvalue weighted by Gasteiger charge is -2.26. The van der Waals surface area contributed by atoms with Crippen LogP contribution in [0.25, 0.3) is 0 Å². The van der Waals surface area contributed by atoms with Crippen LogP contribution in [0.2, 0.25) is 0 Å². The summed E-state index contributed by atoms with van der Waals surface area (Å²) in [6, 6.07) is 0. The second-order valence-electron chi connectivity index (χ2n) is 5.55. The number of amides is 1. The van der Waals surface area contributed by atoms with Crippen LogP contribution in [0.15, 0.2) is 36.2 Å². The first-order valence-corrected chi connectivity index (χ1v) is 6.64. The van der Waals surface area contributed by atoms with Crippen LogP contribution >= 0.6 is 0 Å². The minimum Gasteiger partial charge on any atom is -0.534 e. The quantitative estimate of drug-likeness (QED) is 0.575. The third-order valence-electron chi connectivity index (χ3n) is 3.39. The van der Waals surface area contributed by atoms with Gasteiger partial charge in [0, 0.05) is 13.1 Å². The lowest BCUT2D eigenvalue weighted by atomic mass is 9.75. The molecule has 108 valence electrons. The first-order valence-electron chi connectivity index (χ1n) is 6.64. The van der Waals surface area contributed by atoms with E-state index in [0.29, 0.717) is 31.0 Å². The van der Waals surface area contributed by atoms with Crippen molar-refractivity contribution in [2.45, 2.75) is 32.8 Å². The van der Waals surface area contributed by atoms with Gasteiger partial charge in [-0.25, -0.2) is 4.79 Å². The van der Waals surface area contributed by atoms with Crippen LogP contribution in [-0.2, 0) is 14.0 Å². The Hall–Kier alpha value is -1.69. The Morgan fingerprint density at radius 2 is 2.25 bits per heavy atom. The maximum absolute atomic E-state index is 11.7. The van der Waals surface area contributed by atoms with E-state index in [0.717, 1.165) is 5.47 Å². The topological polar surface area (TPSA) is 48.0 Å². The summed E-state index contributed by atoms with van der Waals surface area (Å²) in [5.74, 6) is 1.03. The highest BCUT2D eigenvalue weighted by molar-refractivity contribution is 6.55. The number of rotatable bonds is 2. The van der Waals surface area contributed by atoms with E-state index in [4.69, 9.17) is 14.0 Å². The molecule has 0 saturated carbocycles. The number of allylic oxidation sites excluding steroid dienone is 1. The smallest absolute Gasteiger partial charge is 0.534 e. The fourth-order valence-corrected chi connectivity index (χ4v) is 2.06. The predicted molar refractivity (Wildman–Crippen MR) is 76.7 cm³/mol. The second kappa shape index (κ2) is 5.36. The molecule has 5 nitrogen and oxygen atoms in total. The van der Waals surface area contributed by atoms with E-state index in [1.807, 2.05) is 19.9 Å². The van der Waals surface area contributed by atoms with Crippen LogP contribution in [0.3, 0.4) is 0 Å². The Morgan fingerprint density at radius 1 is 1.55 bits per heavy atom. The van der Waals surface area contributed by atoms with E-state index in [2.05, 4.69) is 13.2 Å². The molecule has 0 aromatic carbocycles. The standard InChI is InChI=1S/C14H20BNO4/c1-10(2)18-13(17)16-8-6-12(7-9-16)15-19-11(3)14(4,5)20-15/h6H,1,3,7-9H2,2,4-5H3. The van der Waals surface area contributed by atoms with Crippen LogP contribution in [0.1, 0.15) is 27.2 Å². The van der Waals surface area contributed by atoms with Crippen molar-refractivity contribution in [1.29, 1.82) is 0 Å². The van der Waals surface area contributed by atoms with Gasteiger partial charge >= 0.3 is 13.2 Å². The number of nitrogens with zero attached hydrogens (tertiary/aromatic N) is 1. The number of carbonyl (C=O) groups is 1. The zero-order valence-electron chi connectivity index (χ0n) is 12.3. The Balaban J connectivity index is 1.95. The van der Waals surface area contributed by atoms with Gasteiger partial charge in [0.2, 0.25) is 0 Å². The molecule has 2 heterocycles. The molecule has 0 radical (unpaired) electrons. The zero-order valence-corrected chi connectivity index (χ0v) is 12.3. The summed E-state index contributed by atoms with van der Waals surface area (Å²) in [6.45, 7) is 14.0. The molecule has 20 heavy (non-hydrogen) atoms. The number of ether oxygens (including phenoxy) is 1. The van der Waals surface area contributed by atoms with Crippen LogP contribution in [0, 0.1) is 0 Å². The summed E-state index contributed by atoms with van der Waals surface area (Å²) < 4.78 is 16.5. The molecule has 0 bridgehead atoms. The summed E-state index contributed by atoms with van der Waals surface area (Å²) in [7, 11) is -0.392. The summed E-state index contributed by atoms with van der Waals surface area (Å²) in [5, 5.41) is 0. The van der Waals surface area contributed by atoms with Gasteiger partial charge in [-0.1, -0.05) is 19.2 Å². The zero-order chi connectivity index (χ0) is 14.9. The van der Waals surface area contributed by atoms with Crippen LogP contribution in [0.4, 0.5) is 4.79 Å². The third kappa shape index (κ3) is 3.07. The SMILES string of the molecule is C=C(C)OC(=O)N1CC=C(B2OC(=C)C(C)(C)O2)CC1. The average molecular weight is 277 g/mol. The minimum absolute atomic E-state index is 0.370. The molecule has 0 spiro atoms. The third-order valence-corrected chi connectivity index (χ3v) is 3.39. The lowest BCUT2D eigenvalue weighted by Crippen LogP contribution is -2.37. The average Bonchev–Trinajstić information content (AvgIpc) is 2.63. The van der Waals surface area contributed by atoms with Crippen molar-refractivity contribution >= 4 is 13.2 Å². The van der Waals surface area contributed by atoms with Gasteiger partial charge in [0.1, 0.15) is 5.60 Å². The Labute approximate surface area is 120 Å². The number of hydrogen-bond donors (Lipinski definition) is 0. The van der Waals surface area contributed by atoms with Crippen molar-refractivity contribution < 1.29 is 18.8 Å². The molecule has 1 fully saturated rings. The van der Waals surface area contributed by atoms with Crippen molar-refractivity contribution in [1.82, 2.24) is 4.90 Å². The maximum Gasteiger partial charge on any atom is 0.558 e. The highest BCUT2D eigenvalue weighted by Crippen LogP contribution is 2.33. The molecule has 2 aliphatic rings. The maximum atomic E-state index is 11.7. The Kier molecular flexibility index (Phi) is 3.95. The molecule has 6 heteroatoms. The number of hydrogen-bond acceptors (Lipinski definition) is 4. The van der Waals surface area contributed by atoms with E-state index in [1.54, 1.807) is 11.8 Å². The fraction of sp³-hybridized carbons (Fsp3) is 0.500. The molecular formula is C14H20BNO4. The van der Waals surface area contributed by atoms with Crippen LogP contribution < -0.4 is 0 Å². The van der Waals surface area contributed by atoms with Crippen molar-refractivity contribution in [2.75, 3.05) is 13.1 Å². The van der Waals surface area contributed by atoms with Gasteiger partial charge in [-0.3, -0.25) is 0 Å². The molecule has 1 saturated heterocycles. The van der Waals surface area contributed by atoms with Gasteiger partial charge in [-0.05, 0) is 32.7 Å². The van der Waals surface area contributed by atoms with Crippen molar-refractivity contribution in [3.05, 3.63) is 36.2 Å². The molecule has 0 atom stereocenters. The van der Waals surface area contributed by atoms with E-state index < -0.39 is 12.7 Å². The van der Waals surface area contributed by atoms with E-state index in [-0.39, 0.29) is 6.09 Å². The highest BCUT2D eigenvalue weighted by atomic mass is 16.7. The van der Waals surface area contributed by atoms with E-state index in [1.165, 1.54) is 0 Å². The van der Waals surface area contributed by atoms with Crippen molar-refractivity contribution in [3.63, 3.8) is 0 Å². The van der Waals surface area contributed by atoms with Crippen LogP contribution in [0.5, 0.6) is 0 Å². The largest absolute Gasteiger partial charge is 0.558 e. The molecule has 0 aliphatic carbocycles. The van der Waals surface area contributed by atoms with E-state index in [9.17, 15) is 4.79 Å². The first kappa shape index (κ1) is 14.7. The summed E-state index contributed by atoms with van der Waals surface area (Å²) in [6.07, 6.45) is 2.27. The summed E-state index contributed by atoms with van der Waals surface area (Å²) in [4.78, 5) is 13.3. The second-order valence-corrected chi connectivity index (χ2v) is 5.55. The van der Waals surface area contributed by atoms with Gasteiger partial charge in [0.15, 0.2) is 0 Å². The summed E-state index contributed by atoms with van der Waals surface area (Å²) in [5.41, 5.74) is 0.567. The molecule has 1 amide bonds. The van der Waals surface area contributed by atoms with Gasteiger partial charge in [0.05, 0.1) is 11.5 Å².